The molecule has 0 spiro atoms. The molecule has 0 bridgehead atoms. The van der Waals surface area contributed by atoms with E-state index in [-0.39, 0.29) is 11.6 Å². The van der Waals surface area contributed by atoms with Crippen LogP contribution < -0.4 is 5.32 Å². The van der Waals surface area contributed by atoms with Crippen molar-refractivity contribution in [2.24, 2.45) is 0 Å². The molecule has 0 radical (unpaired) electrons. The summed E-state index contributed by atoms with van der Waals surface area (Å²) in [6.45, 7) is 8.50. The quantitative estimate of drug-likeness (QED) is 0.936. The second-order valence-corrected chi connectivity index (χ2v) is 7.48. The van der Waals surface area contributed by atoms with E-state index < -0.39 is 0 Å². The molecule has 1 unspecified atom stereocenters. The van der Waals surface area contributed by atoms with Crippen molar-refractivity contribution in [1.29, 1.82) is 0 Å². The normalized spacial score (nSPS) is 18.1. The molecule has 23 heavy (non-hydrogen) atoms. The maximum Gasteiger partial charge on any atom is 0.173 e. The van der Waals surface area contributed by atoms with Crippen molar-refractivity contribution in [1.82, 2.24) is 30.0 Å². The Balaban J connectivity index is 1.72. The minimum Gasteiger partial charge on any atom is -0.373 e. The van der Waals surface area contributed by atoms with Crippen molar-refractivity contribution in [3.63, 3.8) is 0 Å². The highest BCUT2D eigenvalue weighted by molar-refractivity contribution is 5.40. The molecular formula is C16H27N7. The highest BCUT2D eigenvalue weighted by atomic mass is 15.6. The van der Waals surface area contributed by atoms with Crippen molar-refractivity contribution in [2.45, 2.75) is 77.4 Å². The van der Waals surface area contributed by atoms with Crippen LogP contribution in [0.1, 0.15) is 77.7 Å². The molecule has 7 heteroatoms. The Morgan fingerprint density at radius 3 is 2.61 bits per heavy atom. The van der Waals surface area contributed by atoms with E-state index in [9.17, 15) is 0 Å². The molecule has 0 amide bonds. The minimum atomic E-state index is -0.0210. The first-order valence-electron chi connectivity index (χ1n) is 8.54. The summed E-state index contributed by atoms with van der Waals surface area (Å²) in [7, 11) is 0. The van der Waals surface area contributed by atoms with Gasteiger partial charge in [0.1, 0.15) is 0 Å². The molecule has 2 aromatic rings. The third kappa shape index (κ3) is 3.54. The van der Waals surface area contributed by atoms with Crippen LogP contribution in [-0.2, 0) is 5.54 Å². The molecule has 2 heterocycles. The van der Waals surface area contributed by atoms with E-state index in [4.69, 9.17) is 0 Å². The zero-order valence-corrected chi connectivity index (χ0v) is 14.5. The van der Waals surface area contributed by atoms with Gasteiger partial charge in [-0.3, -0.25) is 4.68 Å². The van der Waals surface area contributed by atoms with Gasteiger partial charge in [0, 0.05) is 6.20 Å². The zero-order valence-electron chi connectivity index (χ0n) is 14.5. The van der Waals surface area contributed by atoms with Gasteiger partial charge in [0.05, 0.1) is 29.5 Å². The van der Waals surface area contributed by atoms with Crippen LogP contribution in [0, 0.1) is 0 Å². The van der Waals surface area contributed by atoms with Crippen LogP contribution in [0.2, 0.25) is 0 Å². The van der Waals surface area contributed by atoms with Crippen LogP contribution >= 0.6 is 0 Å². The Kier molecular flexibility index (Phi) is 4.37. The van der Waals surface area contributed by atoms with E-state index >= 15 is 0 Å². The summed E-state index contributed by atoms with van der Waals surface area (Å²) in [5.74, 6) is 0.903. The van der Waals surface area contributed by atoms with Crippen molar-refractivity contribution in [3.05, 3.63) is 18.2 Å². The molecule has 1 fully saturated rings. The van der Waals surface area contributed by atoms with Crippen molar-refractivity contribution >= 4 is 5.69 Å². The van der Waals surface area contributed by atoms with Crippen molar-refractivity contribution in [2.75, 3.05) is 5.32 Å². The molecule has 0 saturated heterocycles. The summed E-state index contributed by atoms with van der Waals surface area (Å²) in [6.07, 6.45) is 10.1. The van der Waals surface area contributed by atoms with E-state index in [2.05, 4.69) is 53.6 Å². The van der Waals surface area contributed by atoms with E-state index in [1.165, 1.54) is 32.1 Å². The van der Waals surface area contributed by atoms with Gasteiger partial charge < -0.3 is 5.32 Å². The van der Waals surface area contributed by atoms with E-state index in [1.54, 1.807) is 0 Å². The van der Waals surface area contributed by atoms with Crippen LogP contribution in [0.4, 0.5) is 5.69 Å². The van der Waals surface area contributed by atoms with Crippen LogP contribution in [0.25, 0.3) is 0 Å². The summed E-state index contributed by atoms with van der Waals surface area (Å²) in [5, 5.41) is 20.3. The highest BCUT2D eigenvalue weighted by Gasteiger charge is 2.23. The Hall–Kier alpha value is -1.92. The second kappa shape index (κ2) is 6.29. The Morgan fingerprint density at radius 2 is 1.96 bits per heavy atom. The van der Waals surface area contributed by atoms with Gasteiger partial charge in [-0.1, -0.05) is 19.3 Å². The summed E-state index contributed by atoms with van der Waals surface area (Å²) < 4.78 is 3.98. The minimum absolute atomic E-state index is 0.0210. The average Bonchev–Trinajstić information content (AvgIpc) is 3.16. The molecule has 2 aromatic heterocycles. The van der Waals surface area contributed by atoms with E-state index in [0.29, 0.717) is 6.04 Å². The summed E-state index contributed by atoms with van der Waals surface area (Å²) >= 11 is 0. The number of nitrogens with zero attached hydrogens (tertiary/aromatic N) is 6. The number of hydrogen-bond donors (Lipinski definition) is 1. The highest BCUT2D eigenvalue weighted by Crippen LogP contribution is 2.29. The van der Waals surface area contributed by atoms with Crippen LogP contribution in [0.15, 0.2) is 12.4 Å². The fraction of sp³-hybridized carbons (Fsp3) is 0.750. The van der Waals surface area contributed by atoms with Gasteiger partial charge in [-0.25, -0.2) is 4.68 Å². The third-order valence-electron chi connectivity index (χ3n) is 4.48. The second-order valence-electron chi connectivity index (χ2n) is 7.48. The molecule has 1 aliphatic carbocycles. The lowest BCUT2D eigenvalue weighted by Gasteiger charge is -2.24. The fourth-order valence-electron chi connectivity index (χ4n) is 3.15. The van der Waals surface area contributed by atoms with Crippen molar-refractivity contribution in [3.8, 4) is 0 Å². The molecule has 1 saturated carbocycles. The standard InChI is InChI=1S/C16H27N7/c1-12(18-13-10-17-22(11-13)16(2,3)4)15-19-20-21-23(15)14-8-6-5-7-9-14/h10-12,14,18H,5-9H2,1-4H3. The molecule has 126 valence electrons. The zero-order chi connectivity index (χ0) is 16.4. The summed E-state index contributed by atoms with van der Waals surface area (Å²) in [5.41, 5.74) is 0.970. The first kappa shape index (κ1) is 16.0. The fourth-order valence-corrected chi connectivity index (χ4v) is 3.15. The third-order valence-corrected chi connectivity index (χ3v) is 4.48. The van der Waals surface area contributed by atoms with Crippen LogP contribution in [0.3, 0.4) is 0 Å². The molecule has 0 aliphatic heterocycles. The predicted octanol–water partition coefficient (Wildman–Crippen LogP) is 3.30. The first-order valence-corrected chi connectivity index (χ1v) is 8.54. The maximum absolute atomic E-state index is 4.43. The lowest BCUT2D eigenvalue weighted by molar-refractivity contribution is 0.314. The van der Waals surface area contributed by atoms with Gasteiger partial charge in [0.15, 0.2) is 5.82 Å². The molecule has 7 nitrogen and oxygen atoms in total. The monoisotopic (exact) mass is 317 g/mol. The smallest absolute Gasteiger partial charge is 0.173 e. The Bertz CT molecular complexity index is 631. The molecule has 0 aromatic carbocycles. The molecule has 1 N–H and O–H groups in total. The van der Waals surface area contributed by atoms with Gasteiger partial charge in [-0.2, -0.15) is 5.10 Å². The Labute approximate surface area is 137 Å². The maximum atomic E-state index is 4.43. The first-order chi connectivity index (χ1) is 10.9. The topological polar surface area (TPSA) is 73.5 Å². The van der Waals surface area contributed by atoms with E-state index in [1.807, 2.05) is 21.8 Å². The van der Waals surface area contributed by atoms with Gasteiger partial charge >= 0.3 is 0 Å². The van der Waals surface area contributed by atoms with Crippen LogP contribution in [0.5, 0.6) is 0 Å². The van der Waals surface area contributed by atoms with Crippen LogP contribution in [-0.4, -0.2) is 30.0 Å². The average molecular weight is 317 g/mol. The summed E-state index contributed by atoms with van der Waals surface area (Å²) in [6, 6.07) is 0.486. The van der Waals surface area contributed by atoms with Gasteiger partial charge in [0.2, 0.25) is 0 Å². The molecular weight excluding hydrogens is 290 g/mol. The van der Waals surface area contributed by atoms with Gasteiger partial charge in [-0.05, 0) is 51.0 Å². The van der Waals surface area contributed by atoms with E-state index in [0.717, 1.165) is 11.5 Å². The number of rotatable bonds is 4. The molecule has 1 atom stereocenters. The van der Waals surface area contributed by atoms with Crippen molar-refractivity contribution < 1.29 is 0 Å². The number of anilines is 1. The largest absolute Gasteiger partial charge is 0.373 e. The lowest BCUT2D eigenvalue weighted by Crippen LogP contribution is -2.22. The van der Waals surface area contributed by atoms with Gasteiger partial charge in [0.25, 0.3) is 0 Å². The lowest BCUT2D eigenvalue weighted by atomic mass is 9.95. The number of tetrazole rings is 1. The SMILES string of the molecule is CC(Nc1cnn(C(C)(C)C)c1)c1nnnn1C1CCCCC1. The number of nitrogens with one attached hydrogen (secondary N) is 1. The Morgan fingerprint density at radius 1 is 1.22 bits per heavy atom. The summed E-state index contributed by atoms with van der Waals surface area (Å²) in [4.78, 5) is 0. The predicted molar refractivity (Wildman–Crippen MR) is 89.2 cm³/mol. The number of aromatic nitrogens is 6. The number of hydrogen-bond acceptors (Lipinski definition) is 5. The molecule has 1 aliphatic rings. The van der Waals surface area contributed by atoms with Gasteiger partial charge in [-0.15, -0.1) is 5.10 Å². The molecule has 3 rings (SSSR count).